The van der Waals surface area contributed by atoms with Crippen molar-refractivity contribution >= 4 is 6.03 Å². The molecule has 0 aromatic rings. The summed E-state index contributed by atoms with van der Waals surface area (Å²) in [6.45, 7) is 5.31. The van der Waals surface area contributed by atoms with Gasteiger partial charge in [0.2, 0.25) is 0 Å². The normalized spacial score (nSPS) is 31.2. The Hall–Kier alpha value is -0.810. The Labute approximate surface area is 139 Å². The summed E-state index contributed by atoms with van der Waals surface area (Å²) in [4.78, 5) is 12.3. The molecule has 2 aliphatic carbocycles. The number of hydrogen-bond donors (Lipinski definition) is 3. The molecule has 1 saturated heterocycles. The van der Waals surface area contributed by atoms with Crippen molar-refractivity contribution in [1.29, 1.82) is 0 Å². The van der Waals surface area contributed by atoms with E-state index in [1.54, 1.807) is 0 Å². The molecule has 0 radical (unpaired) electrons. The van der Waals surface area contributed by atoms with Crippen molar-refractivity contribution in [3.05, 3.63) is 0 Å². The van der Waals surface area contributed by atoms with Crippen LogP contribution in [0.1, 0.15) is 65.2 Å². The lowest BCUT2D eigenvalue weighted by molar-refractivity contribution is -0.172. The van der Waals surface area contributed by atoms with Crippen LogP contribution in [-0.2, 0) is 4.74 Å². The monoisotopic (exact) mass is 324 g/mol. The van der Waals surface area contributed by atoms with Gasteiger partial charge in [-0.25, -0.2) is 4.79 Å². The molecule has 23 heavy (non-hydrogen) atoms. The fourth-order valence-corrected chi connectivity index (χ4v) is 5.13. The van der Waals surface area contributed by atoms with E-state index in [-0.39, 0.29) is 17.5 Å². The van der Waals surface area contributed by atoms with Crippen LogP contribution in [0.25, 0.3) is 0 Å². The van der Waals surface area contributed by atoms with Gasteiger partial charge in [0.15, 0.2) is 0 Å². The molecule has 3 atom stereocenters. The standard InChI is InChI=1S/C18H32N2O3/c1-3-7-17(22,8-4-2)12-19-16(21)20-14-13-6-11-23-15(13)18(14)9-5-10-18/h13-15,22H,3-12H2,1-2H3,(H2,19,20,21). The van der Waals surface area contributed by atoms with Crippen molar-refractivity contribution in [2.75, 3.05) is 13.2 Å². The Morgan fingerprint density at radius 1 is 1.30 bits per heavy atom. The van der Waals surface area contributed by atoms with Crippen LogP contribution < -0.4 is 10.6 Å². The van der Waals surface area contributed by atoms with E-state index >= 15 is 0 Å². The average Bonchev–Trinajstić information content (AvgIpc) is 2.87. The molecule has 3 N–H and O–H groups in total. The summed E-state index contributed by atoms with van der Waals surface area (Å²) in [5.41, 5.74) is -0.560. The highest BCUT2D eigenvalue weighted by atomic mass is 16.5. The first-order chi connectivity index (χ1) is 11.0. The van der Waals surface area contributed by atoms with E-state index in [1.165, 1.54) is 19.3 Å². The average molecular weight is 324 g/mol. The van der Waals surface area contributed by atoms with Crippen LogP contribution in [0.2, 0.25) is 0 Å². The van der Waals surface area contributed by atoms with Gasteiger partial charge >= 0.3 is 6.03 Å². The lowest BCUT2D eigenvalue weighted by atomic mass is 9.46. The van der Waals surface area contributed by atoms with Gasteiger partial charge in [0, 0.05) is 30.5 Å². The van der Waals surface area contributed by atoms with E-state index in [2.05, 4.69) is 24.5 Å². The first kappa shape index (κ1) is 17.0. The maximum Gasteiger partial charge on any atom is 0.315 e. The first-order valence-electron chi connectivity index (χ1n) is 9.43. The van der Waals surface area contributed by atoms with Gasteiger partial charge in [-0.05, 0) is 32.1 Å². The van der Waals surface area contributed by atoms with Gasteiger partial charge in [-0.15, -0.1) is 0 Å². The molecule has 0 aromatic heterocycles. The summed E-state index contributed by atoms with van der Waals surface area (Å²) in [7, 11) is 0. The van der Waals surface area contributed by atoms with Crippen LogP contribution in [0.4, 0.5) is 4.79 Å². The van der Waals surface area contributed by atoms with Gasteiger partial charge in [0.1, 0.15) is 0 Å². The first-order valence-corrected chi connectivity index (χ1v) is 9.43. The molecule has 1 spiro atoms. The number of carbonyl (C=O) groups excluding carboxylic acids is 1. The van der Waals surface area contributed by atoms with Crippen LogP contribution in [0.15, 0.2) is 0 Å². The van der Waals surface area contributed by atoms with Gasteiger partial charge in [-0.1, -0.05) is 33.1 Å². The molecule has 5 heteroatoms. The molecule has 3 unspecified atom stereocenters. The second kappa shape index (κ2) is 6.60. The van der Waals surface area contributed by atoms with Gasteiger partial charge in [-0.3, -0.25) is 0 Å². The van der Waals surface area contributed by atoms with Crippen LogP contribution in [0.3, 0.4) is 0 Å². The molecular weight excluding hydrogens is 292 g/mol. The highest BCUT2D eigenvalue weighted by molar-refractivity contribution is 5.74. The molecule has 3 rings (SSSR count). The van der Waals surface area contributed by atoms with Crippen molar-refractivity contribution in [3.8, 4) is 0 Å². The van der Waals surface area contributed by atoms with Gasteiger partial charge in [-0.2, -0.15) is 0 Å². The van der Waals surface area contributed by atoms with Crippen LogP contribution in [-0.4, -0.2) is 42.0 Å². The summed E-state index contributed by atoms with van der Waals surface area (Å²) in [5.74, 6) is 0.492. The number of ether oxygens (including phenoxy) is 1. The molecule has 0 bridgehead atoms. The molecule has 2 amide bonds. The van der Waals surface area contributed by atoms with Gasteiger partial charge in [0.05, 0.1) is 11.7 Å². The van der Waals surface area contributed by atoms with E-state index in [9.17, 15) is 9.90 Å². The van der Waals surface area contributed by atoms with Gasteiger partial charge in [0.25, 0.3) is 0 Å². The molecule has 5 nitrogen and oxygen atoms in total. The predicted octanol–water partition coefficient (Wildman–Crippen LogP) is 2.57. The number of rotatable bonds is 7. The fourth-order valence-electron chi connectivity index (χ4n) is 5.13. The minimum Gasteiger partial charge on any atom is -0.388 e. The van der Waals surface area contributed by atoms with E-state index in [1.807, 2.05) is 0 Å². The fraction of sp³-hybridized carbons (Fsp3) is 0.944. The zero-order chi connectivity index (χ0) is 16.5. The third-order valence-corrected chi connectivity index (χ3v) is 6.33. The molecule has 2 saturated carbocycles. The quantitative estimate of drug-likeness (QED) is 0.674. The molecule has 1 aliphatic heterocycles. The molecule has 0 aromatic carbocycles. The number of nitrogens with one attached hydrogen (secondary N) is 2. The lowest BCUT2D eigenvalue weighted by Crippen LogP contribution is -2.72. The number of amides is 2. The summed E-state index contributed by atoms with van der Waals surface area (Å²) < 4.78 is 5.89. The minimum absolute atomic E-state index is 0.128. The number of hydrogen-bond acceptors (Lipinski definition) is 3. The molecule has 3 aliphatic rings. The maximum absolute atomic E-state index is 12.3. The largest absolute Gasteiger partial charge is 0.388 e. The zero-order valence-corrected chi connectivity index (χ0v) is 14.6. The maximum atomic E-state index is 12.3. The smallest absolute Gasteiger partial charge is 0.315 e. The summed E-state index contributed by atoms with van der Waals surface area (Å²) in [5, 5.41) is 16.7. The minimum atomic E-state index is -0.770. The van der Waals surface area contributed by atoms with E-state index in [0.717, 1.165) is 38.7 Å². The highest BCUT2D eigenvalue weighted by Crippen LogP contribution is 2.62. The Morgan fingerprint density at radius 2 is 2.00 bits per heavy atom. The van der Waals surface area contributed by atoms with Crippen LogP contribution in [0, 0.1) is 11.3 Å². The van der Waals surface area contributed by atoms with Crippen molar-refractivity contribution in [1.82, 2.24) is 10.6 Å². The Bertz CT molecular complexity index is 430. The predicted molar refractivity (Wildman–Crippen MR) is 89.2 cm³/mol. The number of aliphatic hydroxyl groups is 1. The summed E-state index contributed by atoms with van der Waals surface area (Å²) >= 11 is 0. The number of carbonyl (C=O) groups is 1. The molecule has 3 fully saturated rings. The topological polar surface area (TPSA) is 70.6 Å². The molecular formula is C18H32N2O3. The Kier molecular flexibility index (Phi) is 4.88. The lowest BCUT2D eigenvalue weighted by Gasteiger charge is -2.63. The zero-order valence-electron chi connectivity index (χ0n) is 14.6. The third kappa shape index (κ3) is 2.98. The van der Waals surface area contributed by atoms with E-state index in [4.69, 9.17) is 4.74 Å². The van der Waals surface area contributed by atoms with Crippen LogP contribution >= 0.6 is 0 Å². The van der Waals surface area contributed by atoms with Crippen molar-refractivity contribution in [2.45, 2.75) is 83.0 Å². The van der Waals surface area contributed by atoms with Crippen molar-refractivity contribution < 1.29 is 14.6 Å². The van der Waals surface area contributed by atoms with E-state index in [0.29, 0.717) is 18.6 Å². The highest BCUT2D eigenvalue weighted by Gasteiger charge is 2.66. The number of urea groups is 1. The Balaban J connectivity index is 1.51. The van der Waals surface area contributed by atoms with Crippen molar-refractivity contribution in [2.24, 2.45) is 11.3 Å². The second-order valence-corrected chi connectivity index (χ2v) is 7.86. The van der Waals surface area contributed by atoms with E-state index < -0.39 is 5.60 Å². The van der Waals surface area contributed by atoms with Crippen LogP contribution in [0.5, 0.6) is 0 Å². The Morgan fingerprint density at radius 3 is 2.57 bits per heavy atom. The molecule has 132 valence electrons. The SMILES string of the molecule is CCCC(O)(CCC)CNC(=O)NC1C2CCOC2C12CCC2. The summed E-state index contributed by atoms with van der Waals surface area (Å²) in [6, 6.07) is 0.131. The second-order valence-electron chi connectivity index (χ2n) is 7.86. The summed E-state index contributed by atoms with van der Waals surface area (Å²) in [6.07, 6.45) is 8.34. The number of fused-ring (bicyclic) bond motifs is 2. The third-order valence-electron chi connectivity index (χ3n) is 6.33. The molecule has 1 heterocycles. The van der Waals surface area contributed by atoms with Gasteiger partial charge < -0.3 is 20.5 Å². The van der Waals surface area contributed by atoms with Crippen molar-refractivity contribution in [3.63, 3.8) is 0 Å².